The number of benzene rings is 1. The zero-order valence-corrected chi connectivity index (χ0v) is 9.49. The minimum atomic E-state index is -0.397. The van der Waals surface area contributed by atoms with Gasteiger partial charge in [-0.3, -0.25) is 11.5 Å². The van der Waals surface area contributed by atoms with Crippen LogP contribution in [-0.2, 0) is 0 Å². The van der Waals surface area contributed by atoms with Gasteiger partial charge in [-0.05, 0) is 26.0 Å². The molecule has 0 saturated heterocycles. The van der Waals surface area contributed by atoms with Gasteiger partial charge in [-0.1, -0.05) is 11.6 Å². The van der Waals surface area contributed by atoms with Crippen molar-refractivity contribution in [3.8, 4) is 11.5 Å². The van der Waals surface area contributed by atoms with Crippen LogP contribution in [0.3, 0.4) is 0 Å². The highest BCUT2D eigenvalue weighted by Gasteiger charge is 2.05. The molecule has 1 rings (SSSR count). The lowest BCUT2D eigenvalue weighted by Crippen LogP contribution is -2.23. The molecule has 0 aliphatic rings. The fourth-order valence-electron chi connectivity index (χ4n) is 1.10. The Labute approximate surface area is 94.1 Å². The summed E-state index contributed by atoms with van der Waals surface area (Å²) in [4.78, 5) is 0. The maximum atomic E-state index is 5.88. The quantitative estimate of drug-likeness (QED) is 0.773. The molecule has 0 fully saturated rings. The Morgan fingerprint density at radius 1 is 1.00 bits per heavy atom. The molecule has 0 saturated carbocycles. The van der Waals surface area contributed by atoms with Gasteiger partial charge in [0.1, 0.15) is 24.0 Å². The average Bonchev–Trinajstić information content (AvgIpc) is 1.98. The van der Waals surface area contributed by atoms with Crippen LogP contribution in [0.25, 0.3) is 0 Å². The number of hydrogen-bond acceptors (Lipinski definition) is 4. The van der Waals surface area contributed by atoms with E-state index in [0.717, 1.165) is 0 Å². The number of halogens is 1. The van der Waals surface area contributed by atoms with Crippen LogP contribution in [0.2, 0.25) is 5.02 Å². The molecular weight excluding hydrogens is 216 g/mol. The minimum absolute atomic E-state index is 0.397. The first-order valence-corrected chi connectivity index (χ1v) is 5.00. The molecule has 0 aliphatic carbocycles. The Kier molecular flexibility index (Phi) is 4.20. The Morgan fingerprint density at radius 3 is 1.73 bits per heavy atom. The normalized spacial score (nSPS) is 14.5. The van der Waals surface area contributed by atoms with E-state index >= 15 is 0 Å². The summed E-state index contributed by atoms with van der Waals surface area (Å²) in [6.07, 6.45) is -0.793. The van der Waals surface area contributed by atoms with Crippen molar-refractivity contribution in [1.82, 2.24) is 0 Å². The van der Waals surface area contributed by atoms with E-state index in [4.69, 9.17) is 32.5 Å². The van der Waals surface area contributed by atoms with Crippen molar-refractivity contribution in [3.63, 3.8) is 0 Å². The fraction of sp³-hybridized carbons (Fsp3) is 0.400. The van der Waals surface area contributed by atoms with E-state index in [1.807, 2.05) is 0 Å². The summed E-state index contributed by atoms with van der Waals surface area (Å²) in [5.74, 6) is 1.13. The fourth-order valence-corrected chi connectivity index (χ4v) is 1.32. The average molecular weight is 231 g/mol. The summed E-state index contributed by atoms with van der Waals surface area (Å²) in [7, 11) is 0. The van der Waals surface area contributed by atoms with Crippen molar-refractivity contribution in [2.45, 2.75) is 26.3 Å². The van der Waals surface area contributed by atoms with Gasteiger partial charge in [0, 0.05) is 11.1 Å². The third-order valence-corrected chi connectivity index (χ3v) is 1.71. The van der Waals surface area contributed by atoms with Crippen LogP contribution in [-0.4, -0.2) is 12.5 Å². The molecule has 4 N–H and O–H groups in total. The van der Waals surface area contributed by atoms with Crippen LogP contribution < -0.4 is 20.9 Å². The van der Waals surface area contributed by atoms with Gasteiger partial charge in [0.25, 0.3) is 0 Å². The third kappa shape index (κ3) is 4.38. The topological polar surface area (TPSA) is 70.5 Å². The maximum absolute atomic E-state index is 5.88. The van der Waals surface area contributed by atoms with Crippen LogP contribution in [0.15, 0.2) is 18.2 Å². The van der Waals surface area contributed by atoms with Gasteiger partial charge < -0.3 is 9.47 Å². The minimum Gasteiger partial charge on any atom is -0.476 e. The van der Waals surface area contributed by atoms with Crippen LogP contribution in [0.5, 0.6) is 11.5 Å². The number of ether oxygens (including phenoxy) is 2. The first kappa shape index (κ1) is 12.1. The zero-order chi connectivity index (χ0) is 11.4. The van der Waals surface area contributed by atoms with Gasteiger partial charge in [0.15, 0.2) is 0 Å². The second-order valence-electron chi connectivity index (χ2n) is 3.27. The summed E-state index contributed by atoms with van der Waals surface area (Å²) in [5, 5.41) is 0.517. The van der Waals surface area contributed by atoms with Crippen molar-refractivity contribution in [2.75, 3.05) is 0 Å². The Balaban J connectivity index is 2.84. The van der Waals surface area contributed by atoms with Gasteiger partial charge in [-0.2, -0.15) is 0 Å². The van der Waals surface area contributed by atoms with Gasteiger partial charge in [-0.15, -0.1) is 0 Å². The SMILES string of the molecule is CC(N)Oc1cc(Cl)cc(OC(C)N)c1. The third-order valence-electron chi connectivity index (χ3n) is 1.49. The predicted molar refractivity (Wildman–Crippen MR) is 60.0 cm³/mol. The second kappa shape index (κ2) is 5.21. The van der Waals surface area contributed by atoms with E-state index in [2.05, 4.69) is 0 Å². The molecule has 4 nitrogen and oxygen atoms in total. The first-order valence-electron chi connectivity index (χ1n) is 4.62. The van der Waals surface area contributed by atoms with Crippen molar-refractivity contribution in [1.29, 1.82) is 0 Å². The number of hydrogen-bond donors (Lipinski definition) is 2. The Bertz CT molecular complexity index is 301. The van der Waals surface area contributed by atoms with Crippen molar-refractivity contribution in [2.24, 2.45) is 11.5 Å². The number of rotatable bonds is 4. The molecule has 0 amide bonds. The highest BCUT2D eigenvalue weighted by atomic mass is 35.5. The number of nitrogens with two attached hydrogens (primary N) is 2. The molecule has 0 aliphatic heterocycles. The molecule has 0 heterocycles. The standard InChI is InChI=1S/C10H15ClN2O2/c1-6(12)14-9-3-8(11)4-10(5-9)15-7(2)13/h3-7H,12-13H2,1-2H3. The molecular formula is C10H15ClN2O2. The van der Waals surface area contributed by atoms with Crippen molar-refractivity contribution >= 4 is 11.6 Å². The predicted octanol–water partition coefficient (Wildman–Crippen LogP) is 1.71. The van der Waals surface area contributed by atoms with Gasteiger partial charge in [0.2, 0.25) is 0 Å². The zero-order valence-electron chi connectivity index (χ0n) is 8.74. The molecule has 0 aromatic heterocycles. The molecule has 1 aromatic rings. The molecule has 5 heteroatoms. The largest absolute Gasteiger partial charge is 0.476 e. The summed E-state index contributed by atoms with van der Waals surface area (Å²) in [5.41, 5.74) is 11.0. The summed E-state index contributed by atoms with van der Waals surface area (Å²) >= 11 is 5.88. The molecule has 2 atom stereocenters. The molecule has 2 unspecified atom stereocenters. The lowest BCUT2D eigenvalue weighted by atomic mass is 10.3. The van der Waals surface area contributed by atoms with Crippen LogP contribution in [0.1, 0.15) is 13.8 Å². The van der Waals surface area contributed by atoms with Gasteiger partial charge >= 0.3 is 0 Å². The smallest absolute Gasteiger partial charge is 0.144 e. The highest BCUT2D eigenvalue weighted by molar-refractivity contribution is 6.30. The molecule has 84 valence electrons. The molecule has 0 spiro atoms. The first-order chi connectivity index (χ1) is 6.97. The summed E-state index contributed by atoms with van der Waals surface area (Å²) < 4.78 is 10.6. The van der Waals surface area contributed by atoms with Gasteiger partial charge in [-0.25, -0.2) is 0 Å². The Hall–Kier alpha value is -0.970. The molecule has 15 heavy (non-hydrogen) atoms. The Morgan fingerprint density at radius 2 is 1.40 bits per heavy atom. The molecule has 1 aromatic carbocycles. The van der Waals surface area contributed by atoms with Crippen molar-refractivity contribution < 1.29 is 9.47 Å². The van der Waals surface area contributed by atoms with E-state index in [-0.39, 0.29) is 0 Å². The van der Waals surface area contributed by atoms with Crippen LogP contribution >= 0.6 is 11.6 Å². The lowest BCUT2D eigenvalue weighted by molar-refractivity contribution is 0.217. The molecule has 0 bridgehead atoms. The van der Waals surface area contributed by atoms with Crippen LogP contribution in [0, 0.1) is 0 Å². The molecule has 0 radical (unpaired) electrons. The van der Waals surface area contributed by atoms with E-state index in [9.17, 15) is 0 Å². The summed E-state index contributed by atoms with van der Waals surface area (Å²) in [6, 6.07) is 5.02. The van der Waals surface area contributed by atoms with Crippen LogP contribution in [0.4, 0.5) is 0 Å². The van der Waals surface area contributed by atoms with E-state index in [1.54, 1.807) is 32.0 Å². The van der Waals surface area contributed by atoms with E-state index in [1.165, 1.54) is 0 Å². The maximum Gasteiger partial charge on any atom is 0.144 e. The van der Waals surface area contributed by atoms with E-state index in [0.29, 0.717) is 16.5 Å². The van der Waals surface area contributed by atoms with Crippen molar-refractivity contribution in [3.05, 3.63) is 23.2 Å². The summed E-state index contributed by atoms with van der Waals surface area (Å²) in [6.45, 7) is 3.46. The monoisotopic (exact) mass is 230 g/mol. The second-order valence-corrected chi connectivity index (χ2v) is 3.71. The van der Waals surface area contributed by atoms with E-state index < -0.39 is 12.5 Å². The highest BCUT2D eigenvalue weighted by Crippen LogP contribution is 2.26. The van der Waals surface area contributed by atoms with Gasteiger partial charge in [0.05, 0.1) is 0 Å². The lowest BCUT2D eigenvalue weighted by Gasteiger charge is -2.13.